The summed E-state index contributed by atoms with van der Waals surface area (Å²) in [5.41, 5.74) is 4.65. The molecule has 0 fully saturated rings. The minimum absolute atomic E-state index is 0. The van der Waals surface area contributed by atoms with E-state index in [1.165, 1.54) is 0 Å². The first-order chi connectivity index (χ1) is 4.00. The Bertz CT molecular complexity index is 73.4. The molecule has 0 aliphatic carbocycles. The Hall–Kier alpha value is -0.280. The Morgan fingerprint density at radius 3 is 1.50 bits per heavy atom. The van der Waals surface area contributed by atoms with Crippen LogP contribution >= 0.6 is 12.4 Å². The normalized spacial score (nSPS) is 7.30. The van der Waals surface area contributed by atoms with E-state index in [-0.39, 0.29) is 18.3 Å². The maximum atomic E-state index is 9.59. The summed E-state index contributed by atoms with van der Waals surface area (Å²) in [6.07, 6.45) is 0.444. The number of nitrogens with zero attached hydrogens (tertiary/aromatic N) is 1. The second kappa shape index (κ2) is 11.5. The first-order valence-corrected chi connectivity index (χ1v) is 2.90. The molecule has 0 aromatic rings. The lowest BCUT2D eigenvalue weighted by atomic mass is 10.5. The van der Waals surface area contributed by atoms with Gasteiger partial charge < -0.3 is 10.6 Å². The van der Waals surface area contributed by atoms with Crippen molar-refractivity contribution in [3.05, 3.63) is 0 Å². The van der Waals surface area contributed by atoms with Crippen molar-refractivity contribution in [2.45, 2.75) is 13.3 Å². The van der Waals surface area contributed by atoms with Crippen LogP contribution in [0.4, 0.5) is 0 Å². The van der Waals surface area contributed by atoms with Gasteiger partial charge in [-0.15, -0.1) is 12.4 Å². The van der Waals surface area contributed by atoms with E-state index < -0.39 is 0 Å². The fourth-order valence-electron chi connectivity index (χ4n) is 0. The third-order valence-electron chi connectivity index (χ3n) is 0.348. The van der Waals surface area contributed by atoms with E-state index in [4.69, 9.17) is 0 Å². The first kappa shape index (κ1) is 16.4. The molecular weight excluding hydrogens is 152 g/mol. The van der Waals surface area contributed by atoms with Gasteiger partial charge in [0.25, 0.3) is 0 Å². The van der Waals surface area contributed by atoms with E-state index in [2.05, 4.69) is 5.73 Å². The lowest BCUT2D eigenvalue weighted by Crippen LogP contribution is -2.06. The average molecular weight is 169 g/mol. The van der Waals surface area contributed by atoms with Gasteiger partial charge in [0.1, 0.15) is 0 Å². The molecule has 10 heavy (non-hydrogen) atoms. The Labute approximate surface area is 69.0 Å². The third-order valence-corrected chi connectivity index (χ3v) is 0.348. The van der Waals surface area contributed by atoms with E-state index in [9.17, 15) is 4.79 Å². The smallest absolute Gasteiger partial charge is 0.217 e. The zero-order chi connectivity index (χ0) is 7.86. The van der Waals surface area contributed by atoms with Gasteiger partial charge in [0.15, 0.2) is 0 Å². The molecule has 1 amide bonds. The first-order valence-electron chi connectivity index (χ1n) is 2.90. The molecule has 3 nitrogen and oxygen atoms in total. The fourth-order valence-corrected chi connectivity index (χ4v) is 0. The lowest BCUT2D eigenvalue weighted by molar-refractivity contribution is -0.117. The third kappa shape index (κ3) is 118. The Kier molecular flexibility index (Phi) is 18.8. The highest BCUT2D eigenvalue weighted by atomic mass is 35.5. The molecule has 0 aliphatic heterocycles. The van der Waals surface area contributed by atoms with Crippen LogP contribution < -0.4 is 5.73 Å². The number of hydrogen-bond acceptors (Lipinski definition) is 2. The minimum atomic E-state index is -0.245. The van der Waals surface area contributed by atoms with E-state index in [1.807, 2.05) is 26.0 Å². The monoisotopic (exact) mass is 168 g/mol. The molecular formula is C6H17ClN2O. The van der Waals surface area contributed by atoms with Crippen LogP contribution in [0.1, 0.15) is 13.3 Å². The zero-order valence-electron chi connectivity index (χ0n) is 7.05. The van der Waals surface area contributed by atoms with E-state index in [1.54, 1.807) is 6.92 Å². The number of primary amides is 1. The van der Waals surface area contributed by atoms with Crippen molar-refractivity contribution >= 4 is 18.3 Å². The Morgan fingerprint density at radius 2 is 1.50 bits per heavy atom. The predicted molar refractivity (Wildman–Crippen MR) is 46.3 cm³/mol. The van der Waals surface area contributed by atoms with Crippen LogP contribution in [0.5, 0.6) is 0 Å². The van der Waals surface area contributed by atoms with Crippen LogP contribution in [0.3, 0.4) is 0 Å². The SMILES string of the molecule is CCC(N)=O.CN(C)C.Cl. The molecule has 0 unspecified atom stereocenters. The van der Waals surface area contributed by atoms with Gasteiger partial charge in [0.05, 0.1) is 0 Å². The summed E-state index contributed by atoms with van der Waals surface area (Å²) in [7, 11) is 6.00. The summed E-state index contributed by atoms with van der Waals surface area (Å²) >= 11 is 0. The van der Waals surface area contributed by atoms with Gasteiger partial charge in [-0.25, -0.2) is 0 Å². The summed E-state index contributed by atoms with van der Waals surface area (Å²) < 4.78 is 0. The van der Waals surface area contributed by atoms with Crippen molar-refractivity contribution in [2.24, 2.45) is 5.73 Å². The van der Waals surface area contributed by atoms with Crippen molar-refractivity contribution < 1.29 is 4.79 Å². The Morgan fingerprint density at radius 1 is 1.40 bits per heavy atom. The highest BCUT2D eigenvalue weighted by Crippen LogP contribution is 1.63. The molecule has 2 N–H and O–H groups in total. The standard InChI is InChI=1S/C3H7NO.C3H9N.ClH/c1-2-3(4)5;1-4(2)3;/h2H2,1H3,(H2,4,5);1-3H3;1H. The number of rotatable bonds is 1. The highest BCUT2D eigenvalue weighted by Gasteiger charge is 1.77. The number of halogens is 1. The number of amides is 1. The van der Waals surface area contributed by atoms with Crippen molar-refractivity contribution in [3.63, 3.8) is 0 Å². The summed E-state index contributed by atoms with van der Waals surface area (Å²) in [6.45, 7) is 1.72. The number of nitrogens with two attached hydrogens (primary N) is 1. The maximum absolute atomic E-state index is 9.59. The summed E-state index contributed by atoms with van der Waals surface area (Å²) in [4.78, 5) is 11.6. The van der Waals surface area contributed by atoms with Gasteiger partial charge in [-0.1, -0.05) is 6.92 Å². The van der Waals surface area contributed by atoms with Crippen LogP contribution in [0.2, 0.25) is 0 Å². The average Bonchev–Trinajstić information content (AvgIpc) is 1.65. The van der Waals surface area contributed by atoms with Gasteiger partial charge in [-0.2, -0.15) is 0 Å². The largest absolute Gasteiger partial charge is 0.370 e. The fraction of sp³-hybridized carbons (Fsp3) is 0.833. The molecule has 4 heteroatoms. The summed E-state index contributed by atoms with van der Waals surface area (Å²) in [5, 5.41) is 0. The molecule has 0 aromatic heterocycles. The molecule has 0 heterocycles. The summed E-state index contributed by atoms with van der Waals surface area (Å²) in [5.74, 6) is -0.245. The van der Waals surface area contributed by atoms with Crippen molar-refractivity contribution in [1.82, 2.24) is 4.90 Å². The molecule has 0 aliphatic rings. The topological polar surface area (TPSA) is 46.3 Å². The molecule has 64 valence electrons. The maximum Gasteiger partial charge on any atom is 0.217 e. The molecule has 0 aromatic carbocycles. The van der Waals surface area contributed by atoms with Crippen molar-refractivity contribution in [3.8, 4) is 0 Å². The summed E-state index contributed by atoms with van der Waals surface area (Å²) in [6, 6.07) is 0. The number of hydrogen-bond donors (Lipinski definition) is 1. The number of carbonyl (C=O) groups is 1. The molecule has 0 bridgehead atoms. The van der Waals surface area contributed by atoms with Gasteiger partial charge in [0, 0.05) is 6.42 Å². The van der Waals surface area contributed by atoms with Gasteiger partial charge in [-0.05, 0) is 21.1 Å². The predicted octanol–water partition coefficient (Wildman–Crippen LogP) is 0.481. The second-order valence-electron chi connectivity index (χ2n) is 2.16. The van der Waals surface area contributed by atoms with Crippen molar-refractivity contribution in [1.29, 1.82) is 0 Å². The van der Waals surface area contributed by atoms with Gasteiger partial charge in [-0.3, -0.25) is 4.79 Å². The van der Waals surface area contributed by atoms with Crippen LogP contribution in [0.25, 0.3) is 0 Å². The molecule has 0 spiro atoms. The van der Waals surface area contributed by atoms with E-state index >= 15 is 0 Å². The second-order valence-corrected chi connectivity index (χ2v) is 2.16. The number of carbonyl (C=O) groups excluding carboxylic acids is 1. The molecule has 0 rings (SSSR count). The molecule has 0 saturated carbocycles. The minimum Gasteiger partial charge on any atom is -0.370 e. The van der Waals surface area contributed by atoms with E-state index in [0.29, 0.717) is 6.42 Å². The highest BCUT2D eigenvalue weighted by molar-refractivity contribution is 5.85. The van der Waals surface area contributed by atoms with Crippen LogP contribution in [0.15, 0.2) is 0 Å². The quantitative estimate of drug-likeness (QED) is 0.619. The zero-order valence-corrected chi connectivity index (χ0v) is 7.86. The Balaban J connectivity index is -0.0000000910. The van der Waals surface area contributed by atoms with Crippen LogP contribution in [0, 0.1) is 0 Å². The molecule has 0 atom stereocenters. The lowest BCUT2D eigenvalue weighted by Gasteiger charge is -1.90. The van der Waals surface area contributed by atoms with Gasteiger partial charge in [0.2, 0.25) is 5.91 Å². The van der Waals surface area contributed by atoms with Crippen LogP contribution in [-0.4, -0.2) is 32.0 Å². The van der Waals surface area contributed by atoms with Crippen molar-refractivity contribution in [2.75, 3.05) is 21.1 Å². The van der Waals surface area contributed by atoms with Crippen LogP contribution in [-0.2, 0) is 4.79 Å². The van der Waals surface area contributed by atoms with E-state index in [0.717, 1.165) is 0 Å². The van der Waals surface area contributed by atoms with Gasteiger partial charge >= 0.3 is 0 Å². The molecule has 0 radical (unpaired) electrons. The molecule has 0 saturated heterocycles.